The van der Waals surface area contributed by atoms with Crippen LogP contribution in [-0.2, 0) is 0 Å². The third kappa shape index (κ3) is 2.64. The lowest BCUT2D eigenvalue weighted by Crippen LogP contribution is -2.21. The van der Waals surface area contributed by atoms with Crippen molar-refractivity contribution in [3.8, 4) is 5.75 Å². The molecule has 86 valence electrons. The van der Waals surface area contributed by atoms with Crippen LogP contribution in [0, 0.1) is 6.92 Å². The molecule has 0 bridgehead atoms. The number of benzene rings is 1. The second-order valence-electron chi connectivity index (χ2n) is 3.44. The number of rotatable bonds is 4. The Hall–Kier alpha value is -1.75. The number of aromatic hydroxyl groups is 1. The molecule has 2 atom stereocenters. The summed E-state index contributed by atoms with van der Waals surface area (Å²) in [6.45, 7) is 1.44. The van der Waals surface area contributed by atoms with E-state index in [1.165, 1.54) is 6.07 Å². The van der Waals surface area contributed by atoms with Crippen molar-refractivity contribution in [1.29, 1.82) is 0 Å². The Balaban J connectivity index is 2.91. The van der Waals surface area contributed by atoms with Crippen LogP contribution in [0.15, 0.2) is 23.3 Å². The molecule has 1 aromatic rings. The first kappa shape index (κ1) is 12.3. The van der Waals surface area contributed by atoms with Gasteiger partial charge in [0.05, 0.1) is 12.6 Å². The van der Waals surface area contributed by atoms with Crippen molar-refractivity contribution in [2.24, 2.45) is 5.11 Å². The van der Waals surface area contributed by atoms with Gasteiger partial charge in [0.2, 0.25) is 0 Å². The first-order chi connectivity index (χ1) is 7.57. The van der Waals surface area contributed by atoms with Crippen LogP contribution in [0.5, 0.6) is 5.75 Å². The number of phenolic OH excluding ortho intramolecular Hbond substituents is 1. The number of azide groups is 1. The number of hydrogen-bond donors (Lipinski definition) is 3. The molecule has 0 aromatic heterocycles. The van der Waals surface area contributed by atoms with E-state index in [9.17, 15) is 15.3 Å². The summed E-state index contributed by atoms with van der Waals surface area (Å²) < 4.78 is 0. The van der Waals surface area contributed by atoms with Crippen molar-refractivity contribution in [2.75, 3.05) is 6.54 Å². The molecular weight excluding hydrogens is 210 g/mol. The van der Waals surface area contributed by atoms with Gasteiger partial charge in [0, 0.05) is 10.5 Å². The number of phenols is 1. The molecule has 0 saturated heterocycles. The first-order valence-corrected chi connectivity index (χ1v) is 4.73. The molecule has 1 rings (SSSR count). The summed E-state index contributed by atoms with van der Waals surface area (Å²) in [4.78, 5) is 2.48. The number of aliphatic hydroxyl groups is 2. The summed E-state index contributed by atoms with van der Waals surface area (Å²) in [6.07, 6.45) is -2.51. The smallest absolute Gasteiger partial charge is 0.124 e. The van der Waals surface area contributed by atoms with Gasteiger partial charge in [-0.05, 0) is 18.0 Å². The number of para-hydroxylation sites is 1. The second kappa shape index (κ2) is 5.37. The van der Waals surface area contributed by atoms with Gasteiger partial charge in [-0.1, -0.05) is 23.3 Å². The van der Waals surface area contributed by atoms with Crippen LogP contribution in [0.1, 0.15) is 17.2 Å². The lowest BCUT2D eigenvalue weighted by atomic mass is 10.0. The van der Waals surface area contributed by atoms with Gasteiger partial charge in [0.25, 0.3) is 0 Å². The van der Waals surface area contributed by atoms with Crippen molar-refractivity contribution < 1.29 is 15.3 Å². The normalized spacial score (nSPS) is 13.9. The average molecular weight is 223 g/mol. The molecule has 0 spiro atoms. The van der Waals surface area contributed by atoms with Crippen molar-refractivity contribution in [2.45, 2.75) is 19.1 Å². The minimum atomic E-state index is -1.27. The zero-order chi connectivity index (χ0) is 12.1. The highest BCUT2D eigenvalue weighted by Gasteiger charge is 2.21. The largest absolute Gasteiger partial charge is 0.507 e. The summed E-state index contributed by atoms with van der Waals surface area (Å²) in [7, 11) is 0. The Kier molecular flexibility index (Phi) is 4.13. The van der Waals surface area contributed by atoms with Crippen LogP contribution < -0.4 is 0 Å². The zero-order valence-electron chi connectivity index (χ0n) is 8.78. The van der Waals surface area contributed by atoms with Crippen molar-refractivity contribution in [3.63, 3.8) is 0 Å². The second-order valence-corrected chi connectivity index (χ2v) is 3.44. The standard InChI is InChI=1S/C10H13N3O3/c1-6-3-2-4-7(9(6)15)10(16)8(14)5-12-13-11/h2-4,8,10,14-16H,5H2,1H3. The molecular formula is C10H13N3O3. The van der Waals surface area contributed by atoms with Gasteiger partial charge in [-0.3, -0.25) is 0 Å². The molecule has 6 heteroatoms. The number of nitrogens with zero attached hydrogens (tertiary/aromatic N) is 3. The lowest BCUT2D eigenvalue weighted by Gasteiger charge is -2.18. The number of hydrogen-bond acceptors (Lipinski definition) is 4. The molecule has 0 heterocycles. The van der Waals surface area contributed by atoms with Crippen LogP contribution in [0.25, 0.3) is 10.4 Å². The summed E-state index contributed by atoms with van der Waals surface area (Å²) in [5.41, 5.74) is 8.91. The predicted molar refractivity (Wildman–Crippen MR) is 57.8 cm³/mol. The SMILES string of the molecule is Cc1cccc(C(O)C(O)CN=[N+]=[N-])c1O. The molecule has 0 fully saturated rings. The Morgan fingerprint density at radius 1 is 1.44 bits per heavy atom. The maximum Gasteiger partial charge on any atom is 0.124 e. The molecule has 0 saturated carbocycles. The maximum atomic E-state index is 9.73. The highest BCUT2D eigenvalue weighted by atomic mass is 16.3. The minimum Gasteiger partial charge on any atom is -0.507 e. The molecule has 16 heavy (non-hydrogen) atoms. The van der Waals surface area contributed by atoms with Gasteiger partial charge in [-0.15, -0.1) is 0 Å². The van der Waals surface area contributed by atoms with Gasteiger partial charge >= 0.3 is 0 Å². The van der Waals surface area contributed by atoms with Crippen molar-refractivity contribution in [1.82, 2.24) is 0 Å². The molecule has 0 aliphatic rings. The van der Waals surface area contributed by atoms with Crippen LogP contribution in [0.3, 0.4) is 0 Å². The highest BCUT2D eigenvalue weighted by Crippen LogP contribution is 2.29. The first-order valence-electron chi connectivity index (χ1n) is 4.73. The van der Waals surface area contributed by atoms with Gasteiger partial charge in [0.15, 0.2) is 0 Å². The molecule has 2 unspecified atom stereocenters. The van der Waals surface area contributed by atoms with Gasteiger partial charge in [-0.2, -0.15) is 0 Å². The Morgan fingerprint density at radius 3 is 2.75 bits per heavy atom. The van der Waals surface area contributed by atoms with E-state index < -0.39 is 12.2 Å². The summed E-state index contributed by atoms with van der Waals surface area (Å²) in [6, 6.07) is 4.85. The topological polar surface area (TPSA) is 109 Å². The summed E-state index contributed by atoms with van der Waals surface area (Å²) in [5, 5.41) is 32.0. The van der Waals surface area contributed by atoms with E-state index in [0.717, 1.165) is 0 Å². The summed E-state index contributed by atoms with van der Waals surface area (Å²) in [5.74, 6) is -0.0602. The van der Waals surface area contributed by atoms with Crippen LogP contribution in [0.4, 0.5) is 0 Å². The predicted octanol–water partition coefficient (Wildman–Crippen LogP) is 1.41. The van der Waals surface area contributed by atoms with E-state index in [1.807, 2.05) is 0 Å². The van der Waals surface area contributed by atoms with Crippen molar-refractivity contribution in [3.05, 3.63) is 39.8 Å². The third-order valence-corrected chi connectivity index (χ3v) is 2.28. The van der Waals surface area contributed by atoms with Crippen LogP contribution in [0.2, 0.25) is 0 Å². The maximum absolute atomic E-state index is 9.73. The third-order valence-electron chi connectivity index (χ3n) is 2.28. The summed E-state index contributed by atoms with van der Waals surface area (Å²) >= 11 is 0. The molecule has 0 radical (unpaired) electrons. The van der Waals surface area contributed by atoms with E-state index >= 15 is 0 Å². The Bertz CT molecular complexity index is 416. The van der Waals surface area contributed by atoms with Gasteiger partial charge in [-0.25, -0.2) is 0 Å². The number of aliphatic hydroxyl groups excluding tert-OH is 2. The quantitative estimate of drug-likeness (QED) is 0.407. The van der Waals surface area contributed by atoms with E-state index in [1.54, 1.807) is 19.1 Å². The Labute approximate surface area is 92.4 Å². The van der Waals surface area contributed by atoms with E-state index in [4.69, 9.17) is 5.53 Å². The van der Waals surface area contributed by atoms with Gasteiger partial charge in [0.1, 0.15) is 11.9 Å². The average Bonchev–Trinajstić information content (AvgIpc) is 2.28. The molecule has 0 aliphatic carbocycles. The number of aryl methyl sites for hydroxylation is 1. The highest BCUT2D eigenvalue weighted by molar-refractivity contribution is 5.41. The van der Waals surface area contributed by atoms with E-state index in [2.05, 4.69) is 10.0 Å². The molecule has 1 aromatic carbocycles. The van der Waals surface area contributed by atoms with Crippen LogP contribution >= 0.6 is 0 Å². The monoisotopic (exact) mass is 223 g/mol. The molecule has 0 amide bonds. The fourth-order valence-electron chi connectivity index (χ4n) is 1.35. The minimum absolute atomic E-state index is 0.0602. The Morgan fingerprint density at radius 2 is 2.12 bits per heavy atom. The fraction of sp³-hybridized carbons (Fsp3) is 0.400. The molecule has 0 aliphatic heterocycles. The van der Waals surface area contributed by atoms with E-state index in [-0.39, 0.29) is 17.9 Å². The van der Waals surface area contributed by atoms with Crippen LogP contribution in [-0.4, -0.2) is 28.0 Å². The lowest BCUT2D eigenvalue weighted by molar-refractivity contribution is 0.0230. The molecule has 3 N–H and O–H groups in total. The van der Waals surface area contributed by atoms with Gasteiger partial charge < -0.3 is 15.3 Å². The van der Waals surface area contributed by atoms with E-state index in [0.29, 0.717) is 5.56 Å². The zero-order valence-corrected chi connectivity index (χ0v) is 8.78. The van der Waals surface area contributed by atoms with Crippen molar-refractivity contribution >= 4 is 0 Å². The fourth-order valence-corrected chi connectivity index (χ4v) is 1.35. The molecule has 6 nitrogen and oxygen atoms in total.